The van der Waals surface area contributed by atoms with E-state index in [0.29, 0.717) is 6.54 Å². The molecule has 5 heteroatoms. The van der Waals surface area contributed by atoms with E-state index in [-0.39, 0.29) is 11.9 Å². The second-order valence-corrected chi connectivity index (χ2v) is 5.81. The predicted molar refractivity (Wildman–Crippen MR) is 87.0 cm³/mol. The summed E-state index contributed by atoms with van der Waals surface area (Å²) in [4.78, 5) is 11.9. The fraction of sp³-hybridized carbons (Fsp3) is 0.412. The lowest BCUT2D eigenvalue weighted by molar-refractivity contribution is -0.115. The van der Waals surface area contributed by atoms with Crippen molar-refractivity contribution in [2.45, 2.75) is 32.2 Å². The lowest BCUT2D eigenvalue weighted by Crippen LogP contribution is -2.28. The molecule has 22 heavy (non-hydrogen) atoms. The van der Waals surface area contributed by atoms with Crippen LogP contribution in [-0.4, -0.2) is 29.3 Å². The van der Waals surface area contributed by atoms with E-state index in [4.69, 9.17) is 0 Å². The SMILES string of the molecule is CNCC(=O)Nc1c(C)cnn1C1CCCc2ccccc21. The van der Waals surface area contributed by atoms with Gasteiger partial charge in [-0.1, -0.05) is 24.3 Å². The van der Waals surface area contributed by atoms with Crippen LogP contribution in [0, 0.1) is 6.92 Å². The predicted octanol–water partition coefficient (Wildman–Crippen LogP) is 2.28. The number of hydrogen-bond donors (Lipinski definition) is 2. The Bertz CT molecular complexity index is 677. The maximum atomic E-state index is 11.9. The van der Waals surface area contributed by atoms with Gasteiger partial charge in [-0.2, -0.15) is 5.10 Å². The normalized spacial score (nSPS) is 17.1. The minimum atomic E-state index is -0.0450. The Labute approximate surface area is 130 Å². The molecule has 2 aromatic rings. The topological polar surface area (TPSA) is 59.0 Å². The highest BCUT2D eigenvalue weighted by Gasteiger charge is 2.25. The Morgan fingerprint density at radius 3 is 3.05 bits per heavy atom. The first kappa shape index (κ1) is 14.8. The van der Waals surface area contributed by atoms with Gasteiger partial charge in [0.25, 0.3) is 0 Å². The summed E-state index contributed by atoms with van der Waals surface area (Å²) >= 11 is 0. The van der Waals surface area contributed by atoms with Crippen LogP contribution in [0.15, 0.2) is 30.5 Å². The maximum Gasteiger partial charge on any atom is 0.239 e. The molecule has 3 rings (SSSR count). The van der Waals surface area contributed by atoms with Crippen molar-refractivity contribution in [3.8, 4) is 0 Å². The second kappa shape index (κ2) is 6.32. The second-order valence-electron chi connectivity index (χ2n) is 5.81. The third-order valence-electron chi connectivity index (χ3n) is 4.21. The van der Waals surface area contributed by atoms with E-state index < -0.39 is 0 Å². The Balaban J connectivity index is 1.95. The van der Waals surface area contributed by atoms with Crippen LogP contribution in [-0.2, 0) is 11.2 Å². The van der Waals surface area contributed by atoms with Crippen molar-refractivity contribution in [1.29, 1.82) is 0 Å². The number of benzene rings is 1. The Morgan fingerprint density at radius 2 is 2.23 bits per heavy atom. The monoisotopic (exact) mass is 298 g/mol. The zero-order valence-electron chi connectivity index (χ0n) is 13.1. The molecule has 1 aromatic heterocycles. The molecule has 1 amide bonds. The molecule has 1 aromatic carbocycles. The lowest BCUT2D eigenvalue weighted by Gasteiger charge is -2.27. The molecular formula is C17H22N4O. The molecule has 0 spiro atoms. The number of carbonyl (C=O) groups is 1. The van der Waals surface area contributed by atoms with Crippen molar-refractivity contribution in [2.24, 2.45) is 0 Å². The third-order valence-corrected chi connectivity index (χ3v) is 4.21. The summed E-state index contributed by atoms with van der Waals surface area (Å²) in [5, 5.41) is 10.4. The number of anilines is 1. The van der Waals surface area contributed by atoms with E-state index >= 15 is 0 Å². The maximum absolute atomic E-state index is 11.9. The Hall–Kier alpha value is -2.14. The summed E-state index contributed by atoms with van der Waals surface area (Å²) in [5.74, 6) is 0.762. The summed E-state index contributed by atoms with van der Waals surface area (Å²) in [6.07, 6.45) is 5.14. The molecule has 0 saturated heterocycles. The first-order valence-corrected chi connectivity index (χ1v) is 7.77. The first-order valence-electron chi connectivity index (χ1n) is 7.77. The smallest absolute Gasteiger partial charge is 0.239 e. The number of carbonyl (C=O) groups excluding carboxylic acids is 1. The first-order chi connectivity index (χ1) is 10.7. The summed E-state index contributed by atoms with van der Waals surface area (Å²) in [7, 11) is 1.76. The Kier molecular flexibility index (Phi) is 4.24. The number of aryl methyl sites for hydroxylation is 2. The van der Waals surface area contributed by atoms with Gasteiger partial charge >= 0.3 is 0 Å². The van der Waals surface area contributed by atoms with Crippen LogP contribution in [0.4, 0.5) is 5.82 Å². The fourth-order valence-corrected chi connectivity index (χ4v) is 3.16. The quantitative estimate of drug-likeness (QED) is 0.910. The number of amides is 1. The zero-order chi connectivity index (χ0) is 15.5. The van der Waals surface area contributed by atoms with Crippen molar-refractivity contribution in [3.63, 3.8) is 0 Å². The van der Waals surface area contributed by atoms with Crippen molar-refractivity contribution in [1.82, 2.24) is 15.1 Å². The molecule has 0 fully saturated rings. The van der Waals surface area contributed by atoms with Crippen molar-refractivity contribution >= 4 is 11.7 Å². The number of nitrogens with zero attached hydrogens (tertiary/aromatic N) is 2. The standard InChI is InChI=1S/C17H22N4O/c1-12-10-19-21(17(12)20-16(22)11-18-2)15-9-5-7-13-6-3-4-8-14(13)15/h3-4,6,8,10,15,18H,5,7,9,11H2,1-2H3,(H,20,22). The molecule has 1 atom stereocenters. The van der Waals surface area contributed by atoms with Gasteiger partial charge in [-0.25, -0.2) is 4.68 Å². The van der Waals surface area contributed by atoms with Crippen LogP contribution in [0.2, 0.25) is 0 Å². The van der Waals surface area contributed by atoms with E-state index in [1.165, 1.54) is 11.1 Å². The molecule has 0 bridgehead atoms. The molecule has 5 nitrogen and oxygen atoms in total. The number of nitrogens with one attached hydrogen (secondary N) is 2. The van der Waals surface area contributed by atoms with Crippen LogP contribution in [0.1, 0.15) is 35.6 Å². The summed E-state index contributed by atoms with van der Waals surface area (Å²) in [6, 6.07) is 8.73. The largest absolute Gasteiger partial charge is 0.311 e. The van der Waals surface area contributed by atoms with Crippen molar-refractivity contribution < 1.29 is 4.79 Å². The van der Waals surface area contributed by atoms with Crippen molar-refractivity contribution in [3.05, 3.63) is 47.2 Å². The van der Waals surface area contributed by atoms with Crippen molar-refractivity contribution in [2.75, 3.05) is 18.9 Å². The van der Waals surface area contributed by atoms with Gasteiger partial charge in [0.2, 0.25) is 5.91 Å². The molecule has 1 aliphatic rings. The number of likely N-dealkylation sites (N-methyl/N-ethyl adjacent to an activating group) is 1. The molecule has 0 saturated carbocycles. The number of aromatic nitrogens is 2. The number of hydrogen-bond acceptors (Lipinski definition) is 3. The fourth-order valence-electron chi connectivity index (χ4n) is 3.16. The highest BCUT2D eigenvalue weighted by atomic mass is 16.2. The molecule has 0 radical (unpaired) electrons. The average Bonchev–Trinajstić information content (AvgIpc) is 2.88. The molecule has 1 aliphatic carbocycles. The number of fused-ring (bicyclic) bond motifs is 1. The van der Waals surface area contributed by atoms with E-state index in [2.05, 4.69) is 40.0 Å². The van der Waals surface area contributed by atoms with E-state index in [0.717, 1.165) is 30.6 Å². The van der Waals surface area contributed by atoms with Crippen LogP contribution >= 0.6 is 0 Å². The van der Waals surface area contributed by atoms with Crippen LogP contribution in [0.3, 0.4) is 0 Å². The average molecular weight is 298 g/mol. The van der Waals surface area contributed by atoms with Gasteiger partial charge in [-0.15, -0.1) is 0 Å². The molecule has 2 N–H and O–H groups in total. The highest BCUT2D eigenvalue weighted by molar-refractivity contribution is 5.92. The molecular weight excluding hydrogens is 276 g/mol. The molecule has 1 heterocycles. The Morgan fingerprint density at radius 1 is 1.41 bits per heavy atom. The van der Waals surface area contributed by atoms with Gasteiger partial charge in [0.15, 0.2) is 0 Å². The highest BCUT2D eigenvalue weighted by Crippen LogP contribution is 2.34. The summed E-state index contributed by atoms with van der Waals surface area (Å²) < 4.78 is 1.97. The van der Waals surface area contributed by atoms with Crippen LogP contribution in [0.5, 0.6) is 0 Å². The molecule has 0 aliphatic heterocycles. The summed E-state index contributed by atoms with van der Waals surface area (Å²) in [5.41, 5.74) is 3.70. The lowest BCUT2D eigenvalue weighted by atomic mass is 9.88. The zero-order valence-corrected chi connectivity index (χ0v) is 13.1. The molecule has 116 valence electrons. The van der Waals surface area contributed by atoms with Gasteiger partial charge in [-0.3, -0.25) is 4.79 Å². The molecule has 1 unspecified atom stereocenters. The minimum Gasteiger partial charge on any atom is -0.311 e. The van der Waals surface area contributed by atoms with E-state index in [9.17, 15) is 4.79 Å². The number of rotatable bonds is 4. The van der Waals surface area contributed by atoms with Gasteiger partial charge < -0.3 is 10.6 Å². The third kappa shape index (κ3) is 2.76. The van der Waals surface area contributed by atoms with Gasteiger partial charge in [-0.05, 0) is 44.4 Å². The van der Waals surface area contributed by atoms with Gasteiger partial charge in [0.05, 0.1) is 18.8 Å². The van der Waals surface area contributed by atoms with Gasteiger partial charge in [0.1, 0.15) is 5.82 Å². The van der Waals surface area contributed by atoms with E-state index in [1.54, 1.807) is 7.05 Å². The van der Waals surface area contributed by atoms with Crippen LogP contribution < -0.4 is 10.6 Å². The summed E-state index contributed by atoms with van der Waals surface area (Å²) in [6.45, 7) is 2.28. The van der Waals surface area contributed by atoms with Crippen LogP contribution in [0.25, 0.3) is 0 Å². The van der Waals surface area contributed by atoms with E-state index in [1.807, 2.05) is 17.8 Å². The van der Waals surface area contributed by atoms with Gasteiger partial charge in [0, 0.05) is 5.56 Å². The minimum absolute atomic E-state index is 0.0450.